The first-order chi connectivity index (χ1) is 11.4. The highest BCUT2D eigenvalue weighted by molar-refractivity contribution is 6.33. The Morgan fingerprint density at radius 1 is 1.25 bits per heavy atom. The van der Waals surface area contributed by atoms with Crippen LogP contribution in [0, 0.1) is 0 Å². The number of nitrogens with one attached hydrogen (secondary N) is 1. The maximum absolute atomic E-state index is 12.2. The number of benzene rings is 1. The van der Waals surface area contributed by atoms with Crippen LogP contribution in [0.4, 0.5) is 5.69 Å². The summed E-state index contributed by atoms with van der Waals surface area (Å²) >= 11 is 6.04. The molecule has 2 amide bonds. The van der Waals surface area contributed by atoms with Crippen molar-refractivity contribution in [2.75, 3.05) is 25.5 Å². The fourth-order valence-corrected chi connectivity index (χ4v) is 2.29. The van der Waals surface area contributed by atoms with Gasteiger partial charge in [0.25, 0.3) is 0 Å². The molecule has 0 aliphatic heterocycles. The lowest BCUT2D eigenvalue weighted by molar-refractivity contribution is -0.132. The van der Waals surface area contributed by atoms with E-state index in [2.05, 4.69) is 17.0 Å². The van der Waals surface area contributed by atoms with Crippen LogP contribution in [0.5, 0.6) is 0 Å². The zero-order valence-electron chi connectivity index (χ0n) is 14.2. The van der Waals surface area contributed by atoms with E-state index in [0.717, 1.165) is 19.3 Å². The first-order valence-electron chi connectivity index (χ1n) is 7.82. The third-order valence-electron chi connectivity index (χ3n) is 3.47. The molecule has 0 saturated carbocycles. The van der Waals surface area contributed by atoms with Crippen LogP contribution in [-0.2, 0) is 14.3 Å². The maximum Gasteiger partial charge on any atom is 0.337 e. The normalized spacial score (nSPS) is 10.2. The number of nitrogens with zero attached hydrogens (tertiary/aromatic N) is 1. The van der Waals surface area contributed by atoms with Gasteiger partial charge in [-0.2, -0.15) is 0 Å². The van der Waals surface area contributed by atoms with Crippen LogP contribution >= 0.6 is 11.6 Å². The monoisotopic (exact) mass is 354 g/mol. The minimum absolute atomic E-state index is 0.0577. The van der Waals surface area contributed by atoms with Crippen LogP contribution in [0.15, 0.2) is 18.2 Å². The third-order valence-corrected chi connectivity index (χ3v) is 3.80. The van der Waals surface area contributed by atoms with Crippen molar-refractivity contribution in [3.05, 3.63) is 28.8 Å². The fraction of sp³-hybridized carbons (Fsp3) is 0.471. The number of carbonyl (C=O) groups is 3. The van der Waals surface area contributed by atoms with Crippen LogP contribution in [-0.4, -0.2) is 42.9 Å². The van der Waals surface area contributed by atoms with E-state index in [1.54, 1.807) is 0 Å². The van der Waals surface area contributed by atoms with Gasteiger partial charge in [-0.3, -0.25) is 9.59 Å². The topological polar surface area (TPSA) is 75.7 Å². The summed E-state index contributed by atoms with van der Waals surface area (Å²) in [5.41, 5.74) is 0.588. The summed E-state index contributed by atoms with van der Waals surface area (Å²) in [5.74, 6) is -1.05. The molecular weight excluding hydrogens is 332 g/mol. The molecule has 0 unspecified atom stereocenters. The molecule has 0 heterocycles. The van der Waals surface area contributed by atoms with E-state index in [4.69, 9.17) is 11.6 Å². The van der Waals surface area contributed by atoms with Crippen molar-refractivity contribution in [1.82, 2.24) is 4.90 Å². The molecule has 24 heavy (non-hydrogen) atoms. The fourth-order valence-electron chi connectivity index (χ4n) is 2.13. The Balaban J connectivity index is 2.75. The van der Waals surface area contributed by atoms with Crippen molar-refractivity contribution >= 4 is 35.1 Å². The number of rotatable bonds is 8. The molecule has 1 rings (SSSR count). The Kier molecular flexibility index (Phi) is 8.26. The molecule has 0 atom stereocenters. The molecule has 0 radical (unpaired) electrons. The molecule has 0 fully saturated rings. The minimum atomic E-state index is -0.521. The quantitative estimate of drug-likeness (QED) is 0.575. The number of amides is 2. The average Bonchev–Trinajstić information content (AvgIpc) is 2.55. The lowest BCUT2D eigenvalue weighted by Gasteiger charge is -2.20. The summed E-state index contributed by atoms with van der Waals surface area (Å²) < 4.78 is 4.64. The van der Waals surface area contributed by atoms with Gasteiger partial charge in [0.05, 0.1) is 29.9 Å². The Morgan fingerprint density at radius 3 is 2.54 bits per heavy atom. The summed E-state index contributed by atoms with van der Waals surface area (Å²) in [4.78, 5) is 36.9. The highest BCUT2D eigenvalue weighted by Gasteiger charge is 2.15. The van der Waals surface area contributed by atoms with Crippen molar-refractivity contribution in [1.29, 1.82) is 0 Å². The van der Waals surface area contributed by atoms with Gasteiger partial charge in [-0.25, -0.2) is 4.79 Å². The molecule has 0 aromatic heterocycles. The van der Waals surface area contributed by atoms with Gasteiger partial charge in [0.1, 0.15) is 0 Å². The van der Waals surface area contributed by atoms with Crippen molar-refractivity contribution < 1.29 is 19.1 Å². The van der Waals surface area contributed by atoms with E-state index in [1.807, 2.05) is 0 Å². The Labute approximate surface area is 147 Å². The van der Waals surface area contributed by atoms with Crippen LogP contribution < -0.4 is 5.32 Å². The van der Waals surface area contributed by atoms with E-state index >= 15 is 0 Å². The molecule has 0 aliphatic rings. The van der Waals surface area contributed by atoms with Gasteiger partial charge in [0.2, 0.25) is 11.8 Å². The van der Waals surface area contributed by atoms with Crippen molar-refractivity contribution in [2.45, 2.75) is 33.1 Å². The Morgan fingerprint density at radius 2 is 1.96 bits per heavy atom. The van der Waals surface area contributed by atoms with Gasteiger partial charge in [0, 0.05) is 13.5 Å². The number of anilines is 1. The third kappa shape index (κ3) is 6.20. The van der Waals surface area contributed by atoms with E-state index in [0.29, 0.717) is 17.3 Å². The summed E-state index contributed by atoms with van der Waals surface area (Å²) in [7, 11) is 1.27. The molecular formula is C17H23ClN2O4. The first-order valence-corrected chi connectivity index (χ1v) is 8.20. The van der Waals surface area contributed by atoms with E-state index in [9.17, 15) is 14.4 Å². The summed E-state index contributed by atoms with van der Waals surface area (Å²) in [6, 6.07) is 4.46. The first kappa shape index (κ1) is 20.0. The largest absolute Gasteiger partial charge is 0.465 e. The zero-order valence-corrected chi connectivity index (χ0v) is 15.0. The number of esters is 1. The number of unbranched alkanes of at least 4 members (excludes halogenated alkanes) is 2. The van der Waals surface area contributed by atoms with Crippen LogP contribution in [0.3, 0.4) is 0 Å². The van der Waals surface area contributed by atoms with Crippen LogP contribution in [0.2, 0.25) is 5.02 Å². The molecule has 132 valence electrons. The number of carbonyl (C=O) groups excluding carboxylic acids is 3. The molecule has 1 aromatic rings. The molecule has 0 bridgehead atoms. The second-order valence-corrected chi connectivity index (χ2v) is 5.79. The minimum Gasteiger partial charge on any atom is -0.465 e. The standard InChI is InChI=1S/C17H23ClN2O4/c1-4-5-6-9-20(12(2)21)11-16(22)19-15-10-13(17(23)24-3)7-8-14(15)18/h7-8,10H,4-6,9,11H2,1-3H3,(H,19,22). The van der Waals surface area contributed by atoms with E-state index < -0.39 is 5.97 Å². The van der Waals surface area contributed by atoms with Gasteiger partial charge in [-0.05, 0) is 24.6 Å². The second-order valence-electron chi connectivity index (χ2n) is 5.38. The molecule has 6 nitrogen and oxygen atoms in total. The molecule has 1 aromatic carbocycles. The van der Waals surface area contributed by atoms with E-state index in [-0.39, 0.29) is 23.9 Å². The molecule has 7 heteroatoms. The smallest absolute Gasteiger partial charge is 0.337 e. The number of halogens is 1. The lowest BCUT2D eigenvalue weighted by Crippen LogP contribution is -2.37. The van der Waals surface area contributed by atoms with E-state index in [1.165, 1.54) is 37.1 Å². The predicted molar refractivity (Wildman–Crippen MR) is 93.2 cm³/mol. The predicted octanol–water partition coefficient (Wildman–Crippen LogP) is 3.10. The maximum atomic E-state index is 12.2. The SMILES string of the molecule is CCCCCN(CC(=O)Nc1cc(C(=O)OC)ccc1Cl)C(C)=O. The molecule has 1 N–H and O–H groups in total. The van der Waals surface area contributed by atoms with Gasteiger partial charge in [-0.15, -0.1) is 0 Å². The molecule has 0 aliphatic carbocycles. The van der Waals surface area contributed by atoms with Crippen LogP contribution in [0.25, 0.3) is 0 Å². The number of hydrogen-bond donors (Lipinski definition) is 1. The lowest BCUT2D eigenvalue weighted by atomic mass is 10.2. The summed E-state index contributed by atoms with van der Waals surface area (Å²) in [6.45, 7) is 3.98. The Hall–Kier alpha value is -2.08. The van der Waals surface area contributed by atoms with Crippen LogP contribution in [0.1, 0.15) is 43.5 Å². The van der Waals surface area contributed by atoms with Crippen molar-refractivity contribution in [3.63, 3.8) is 0 Å². The van der Waals surface area contributed by atoms with Gasteiger partial charge >= 0.3 is 5.97 Å². The number of ether oxygens (including phenoxy) is 1. The summed E-state index contributed by atoms with van der Waals surface area (Å²) in [5, 5.41) is 2.93. The van der Waals surface area contributed by atoms with Crippen molar-refractivity contribution in [3.8, 4) is 0 Å². The zero-order chi connectivity index (χ0) is 18.1. The number of hydrogen-bond acceptors (Lipinski definition) is 4. The highest BCUT2D eigenvalue weighted by atomic mass is 35.5. The molecule has 0 saturated heterocycles. The van der Waals surface area contributed by atoms with Gasteiger partial charge in [-0.1, -0.05) is 31.4 Å². The Bertz CT molecular complexity index is 604. The van der Waals surface area contributed by atoms with Gasteiger partial charge < -0.3 is 15.0 Å². The molecule has 0 spiro atoms. The second kappa shape index (κ2) is 9.93. The van der Waals surface area contributed by atoms with Crippen molar-refractivity contribution in [2.24, 2.45) is 0 Å². The highest BCUT2D eigenvalue weighted by Crippen LogP contribution is 2.23. The van der Waals surface area contributed by atoms with Gasteiger partial charge in [0.15, 0.2) is 0 Å². The average molecular weight is 355 g/mol. The number of methoxy groups -OCH3 is 1. The summed E-state index contributed by atoms with van der Waals surface area (Å²) in [6.07, 6.45) is 2.88.